The van der Waals surface area contributed by atoms with E-state index in [0.29, 0.717) is 16.1 Å². The average Bonchev–Trinajstić information content (AvgIpc) is 3.30. The van der Waals surface area contributed by atoms with Crippen LogP contribution >= 0.6 is 11.3 Å². The Labute approximate surface area is 149 Å². The van der Waals surface area contributed by atoms with Crippen molar-refractivity contribution in [1.82, 2.24) is 5.32 Å². The number of esters is 1. The van der Waals surface area contributed by atoms with Gasteiger partial charge in [-0.25, -0.2) is 4.79 Å². The molecule has 1 aromatic carbocycles. The summed E-state index contributed by atoms with van der Waals surface area (Å²) in [6.07, 6.45) is 1.97. The summed E-state index contributed by atoms with van der Waals surface area (Å²) in [6.45, 7) is 1.48. The first-order chi connectivity index (χ1) is 12.0. The van der Waals surface area contributed by atoms with E-state index in [0.717, 1.165) is 17.7 Å². The number of anilines is 1. The summed E-state index contributed by atoms with van der Waals surface area (Å²) in [5.41, 5.74) is 0.789. The summed E-state index contributed by atoms with van der Waals surface area (Å²) < 4.78 is 5.01. The number of aryl methyl sites for hydroxylation is 1. The Balaban J connectivity index is 1.57. The van der Waals surface area contributed by atoms with E-state index in [-0.39, 0.29) is 11.9 Å². The highest BCUT2D eigenvalue weighted by Gasteiger charge is 2.25. The molecule has 0 aliphatic heterocycles. The van der Waals surface area contributed by atoms with E-state index in [4.69, 9.17) is 4.74 Å². The lowest BCUT2D eigenvalue weighted by Gasteiger charge is -2.11. The molecule has 1 fully saturated rings. The van der Waals surface area contributed by atoms with E-state index < -0.39 is 18.5 Å². The van der Waals surface area contributed by atoms with Gasteiger partial charge >= 0.3 is 5.97 Å². The maximum absolute atomic E-state index is 12.2. The molecule has 0 unspecified atom stereocenters. The molecule has 1 aromatic heterocycles. The van der Waals surface area contributed by atoms with Gasteiger partial charge in [-0.05, 0) is 44.0 Å². The van der Waals surface area contributed by atoms with Crippen molar-refractivity contribution in [2.45, 2.75) is 25.8 Å². The molecule has 2 amide bonds. The number of amides is 2. The Bertz CT molecular complexity index is 811. The van der Waals surface area contributed by atoms with Crippen molar-refractivity contribution >= 4 is 34.8 Å². The molecule has 3 rings (SSSR count). The Morgan fingerprint density at radius 1 is 1.16 bits per heavy atom. The number of hydrogen-bond donors (Lipinski definition) is 2. The quantitative estimate of drug-likeness (QED) is 0.778. The van der Waals surface area contributed by atoms with E-state index in [2.05, 4.69) is 10.6 Å². The molecule has 2 aromatic rings. The average molecular weight is 358 g/mol. The first-order valence-electron chi connectivity index (χ1n) is 7.96. The molecule has 0 atom stereocenters. The molecular formula is C18H18N2O4S. The van der Waals surface area contributed by atoms with Gasteiger partial charge in [0.25, 0.3) is 11.8 Å². The monoisotopic (exact) mass is 358 g/mol. The summed E-state index contributed by atoms with van der Waals surface area (Å²) >= 11 is 1.31. The van der Waals surface area contributed by atoms with E-state index in [1.807, 2.05) is 13.0 Å². The third-order valence-corrected chi connectivity index (χ3v) is 4.61. The minimum Gasteiger partial charge on any atom is -0.451 e. The number of carbonyl (C=O) groups excluding carboxylic acids is 3. The van der Waals surface area contributed by atoms with Crippen LogP contribution in [0.4, 0.5) is 5.69 Å². The first kappa shape index (κ1) is 17.2. The summed E-state index contributed by atoms with van der Waals surface area (Å²) in [5.74, 6) is -1.24. The van der Waals surface area contributed by atoms with Gasteiger partial charge in [0, 0.05) is 10.9 Å². The third-order valence-electron chi connectivity index (χ3n) is 3.63. The van der Waals surface area contributed by atoms with Gasteiger partial charge in [0.05, 0.1) is 11.3 Å². The van der Waals surface area contributed by atoms with Gasteiger partial charge in [0.15, 0.2) is 6.61 Å². The minimum atomic E-state index is -0.534. The molecule has 6 nitrogen and oxygen atoms in total. The van der Waals surface area contributed by atoms with Crippen LogP contribution in [0, 0.1) is 6.92 Å². The Morgan fingerprint density at radius 3 is 2.60 bits per heavy atom. The Kier molecular flexibility index (Phi) is 5.14. The van der Waals surface area contributed by atoms with Crippen LogP contribution < -0.4 is 10.6 Å². The summed E-state index contributed by atoms with van der Waals surface area (Å²) in [7, 11) is 0. The number of para-hydroxylation sites is 1. The standard InChI is InChI=1S/C18H18N2O4S/c1-11-6-9-15(25-11)18(23)24-10-16(21)20-14-5-3-2-4-13(14)17(22)19-12-7-8-12/h2-6,9,12H,7-8,10H2,1H3,(H,19,22)(H,20,21). The van der Waals surface area contributed by atoms with Crippen molar-refractivity contribution in [2.75, 3.05) is 11.9 Å². The fourth-order valence-electron chi connectivity index (χ4n) is 2.21. The molecule has 0 radical (unpaired) electrons. The smallest absolute Gasteiger partial charge is 0.348 e. The van der Waals surface area contributed by atoms with E-state index in [9.17, 15) is 14.4 Å². The minimum absolute atomic E-state index is 0.218. The van der Waals surface area contributed by atoms with Gasteiger partial charge in [-0.2, -0.15) is 0 Å². The number of rotatable bonds is 6. The lowest BCUT2D eigenvalue weighted by Crippen LogP contribution is -2.27. The van der Waals surface area contributed by atoms with Crippen LogP contribution in [0.1, 0.15) is 37.7 Å². The molecule has 1 saturated carbocycles. The zero-order valence-corrected chi connectivity index (χ0v) is 14.5. The lowest BCUT2D eigenvalue weighted by atomic mass is 10.1. The maximum atomic E-state index is 12.2. The summed E-state index contributed by atoms with van der Waals surface area (Å²) in [6, 6.07) is 10.5. The molecule has 1 aliphatic carbocycles. The molecule has 130 valence electrons. The van der Waals surface area contributed by atoms with Crippen LogP contribution in [0.3, 0.4) is 0 Å². The van der Waals surface area contributed by atoms with Crippen LogP contribution in [0.5, 0.6) is 0 Å². The molecule has 2 N–H and O–H groups in total. The van der Waals surface area contributed by atoms with Gasteiger partial charge in [-0.3, -0.25) is 9.59 Å². The van der Waals surface area contributed by atoms with Crippen LogP contribution in [0.25, 0.3) is 0 Å². The van der Waals surface area contributed by atoms with Crippen molar-refractivity contribution in [1.29, 1.82) is 0 Å². The Hall–Kier alpha value is -2.67. The Morgan fingerprint density at radius 2 is 1.92 bits per heavy atom. The van der Waals surface area contributed by atoms with E-state index in [1.165, 1.54) is 11.3 Å². The largest absolute Gasteiger partial charge is 0.451 e. The van der Waals surface area contributed by atoms with Crippen molar-refractivity contribution in [3.63, 3.8) is 0 Å². The van der Waals surface area contributed by atoms with Gasteiger partial charge in [0.1, 0.15) is 4.88 Å². The number of carbonyl (C=O) groups is 3. The number of nitrogens with one attached hydrogen (secondary N) is 2. The van der Waals surface area contributed by atoms with Crippen LogP contribution in [0.15, 0.2) is 36.4 Å². The van der Waals surface area contributed by atoms with E-state index in [1.54, 1.807) is 30.3 Å². The van der Waals surface area contributed by atoms with Gasteiger partial charge < -0.3 is 15.4 Å². The number of thiophene rings is 1. The first-order valence-corrected chi connectivity index (χ1v) is 8.78. The maximum Gasteiger partial charge on any atom is 0.348 e. The zero-order chi connectivity index (χ0) is 17.8. The van der Waals surface area contributed by atoms with E-state index >= 15 is 0 Å². The van der Waals surface area contributed by atoms with Crippen LogP contribution in [-0.2, 0) is 9.53 Å². The molecule has 0 bridgehead atoms. The fraction of sp³-hybridized carbons (Fsp3) is 0.278. The molecular weight excluding hydrogens is 340 g/mol. The predicted octanol–water partition coefficient (Wildman–Crippen LogP) is 2.74. The lowest BCUT2D eigenvalue weighted by molar-refractivity contribution is -0.119. The van der Waals surface area contributed by atoms with Crippen molar-refractivity contribution < 1.29 is 19.1 Å². The molecule has 0 saturated heterocycles. The number of hydrogen-bond acceptors (Lipinski definition) is 5. The molecule has 25 heavy (non-hydrogen) atoms. The van der Waals surface area contributed by atoms with Crippen molar-refractivity contribution in [2.24, 2.45) is 0 Å². The summed E-state index contributed by atoms with van der Waals surface area (Å²) in [5, 5.41) is 5.51. The normalized spacial score (nSPS) is 13.2. The zero-order valence-electron chi connectivity index (χ0n) is 13.7. The second-order valence-corrected chi connectivity index (χ2v) is 7.12. The van der Waals surface area contributed by atoms with Crippen molar-refractivity contribution in [3.05, 3.63) is 51.7 Å². The third kappa shape index (κ3) is 4.67. The highest BCUT2D eigenvalue weighted by atomic mass is 32.1. The molecule has 7 heteroatoms. The fourth-order valence-corrected chi connectivity index (χ4v) is 2.97. The second kappa shape index (κ2) is 7.48. The van der Waals surface area contributed by atoms with Crippen molar-refractivity contribution in [3.8, 4) is 0 Å². The highest BCUT2D eigenvalue weighted by molar-refractivity contribution is 7.13. The van der Waals surface area contributed by atoms with Gasteiger partial charge in [-0.1, -0.05) is 12.1 Å². The van der Waals surface area contributed by atoms with Crippen LogP contribution in [-0.4, -0.2) is 30.4 Å². The molecule has 1 aliphatic rings. The number of benzene rings is 1. The number of ether oxygens (including phenoxy) is 1. The summed E-state index contributed by atoms with van der Waals surface area (Å²) in [4.78, 5) is 37.6. The van der Waals surface area contributed by atoms with Crippen LogP contribution in [0.2, 0.25) is 0 Å². The highest BCUT2D eigenvalue weighted by Crippen LogP contribution is 2.21. The van der Waals surface area contributed by atoms with Gasteiger partial charge in [0.2, 0.25) is 0 Å². The molecule has 1 heterocycles. The predicted molar refractivity (Wildman–Crippen MR) is 94.9 cm³/mol. The second-order valence-electron chi connectivity index (χ2n) is 5.83. The molecule has 0 spiro atoms. The van der Waals surface area contributed by atoms with Gasteiger partial charge in [-0.15, -0.1) is 11.3 Å². The topological polar surface area (TPSA) is 84.5 Å². The SMILES string of the molecule is Cc1ccc(C(=O)OCC(=O)Nc2ccccc2C(=O)NC2CC2)s1.